The smallest absolute Gasteiger partial charge is 0.231 e. The standard InChI is InChI=1S/C16H14O4/c1-2-10-6-7-13-16(20-9-18-13)14(10)11-4-3-5-12-15(11)19-8-17-12/h3-7H,2,8-9H2,1H3. The Balaban J connectivity index is 1.99. The Kier molecular flexibility index (Phi) is 2.49. The van der Waals surface area contributed by atoms with Crippen LogP contribution in [0.4, 0.5) is 0 Å². The van der Waals surface area contributed by atoms with E-state index in [0.29, 0.717) is 0 Å². The summed E-state index contributed by atoms with van der Waals surface area (Å²) in [7, 11) is 0. The Bertz CT molecular complexity index is 678. The van der Waals surface area contributed by atoms with Gasteiger partial charge in [0.1, 0.15) is 0 Å². The Hall–Kier alpha value is -2.36. The summed E-state index contributed by atoms with van der Waals surface area (Å²) in [5, 5.41) is 0. The van der Waals surface area contributed by atoms with Gasteiger partial charge in [-0.25, -0.2) is 0 Å². The maximum atomic E-state index is 5.67. The molecule has 0 fully saturated rings. The van der Waals surface area contributed by atoms with Crippen LogP contribution in [-0.4, -0.2) is 13.6 Å². The maximum Gasteiger partial charge on any atom is 0.231 e. The van der Waals surface area contributed by atoms with Gasteiger partial charge in [0.15, 0.2) is 23.0 Å². The molecule has 0 saturated heterocycles. The average molecular weight is 270 g/mol. The van der Waals surface area contributed by atoms with Gasteiger partial charge in [0.25, 0.3) is 0 Å². The summed E-state index contributed by atoms with van der Waals surface area (Å²) in [6, 6.07) is 9.96. The van der Waals surface area contributed by atoms with Gasteiger partial charge in [-0.05, 0) is 24.1 Å². The largest absolute Gasteiger partial charge is 0.454 e. The molecule has 2 aromatic rings. The first kappa shape index (κ1) is 11.5. The van der Waals surface area contributed by atoms with Crippen LogP contribution in [0.1, 0.15) is 12.5 Å². The van der Waals surface area contributed by atoms with E-state index in [0.717, 1.165) is 40.5 Å². The van der Waals surface area contributed by atoms with Gasteiger partial charge in [0.05, 0.1) is 0 Å². The van der Waals surface area contributed by atoms with Crippen LogP contribution in [0.3, 0.4) is 0 Å². The van der Waals surface area contributed by atoms with E-state index in [9.17, 15) is 0 Å². The zero-order valence-electron chi connectivity index (χ0n) is 11.1. The van der Waals surface area contributed by atoms with Gasteiger partial charge in [-0.1, -0.05) is 25.1 Å². The first-order chi connectivity index (χ1) is 9.88. The number of rotatable bonds is 2. The lowest BCUT2D eigenvalue weighted by Gasteiger charge is -2.13. The molecule has 0 bridgehead atoms. The lowest BCUT2D eigenvalue weighted by Crippen LogP contribution is -1.96. The van der Waals surface area contributed by atoms with Gasteiger partial charge >= 0.3 is 0 Å². The third-order valence-corrected chi connectivity index (χ3v) is 3.67. The lowest BCUT2D eigenvalue weighted by atomic mass is 9.95. The molecule has 0 amide bonds. The lowest BCUT2D eigenvalue weighted by molar-refractivity contribution is 0.173. The van der Waals surface area contributed by atoms with Crippen molar-refractivity contribution in [3.05, 3.63) is 35.9 Å². The van der Waals surface area contributed by atoms with E-state index in [-0.39, 0.29) is 13.6 Å². The molecule has 0 radical (unpaired) electrons. The van der Waals surface area contributed by atoms with E-state index < -0.39 is 0 Å². The normalized spacial score (nSPS) is 14.7. The number of para-hydroxylation sites is 1. The van der Waals surface area contributed by atoms with Crippen molar-refractivity contribution in [3.8, 4) is 34.1 Å². The SMILES string of the molecule is CCc1ccc2c(c1-c1cccc3c1OCO3)OCO2. The van der Waals surface area contributed by atoms with Crippen LogP contribution < -0.4 is 18.9 Å². The molecule has 0 atom stereocenters. The second-order valence-electron chi connectivity index (χ2n) is 4.73. The minimum Gasteiger partial charge on any atom is -0.454 e. The second-order valence-corrected chi connectivity index (χ2v) is 4.73. The quantitative estimate of drug-likeness (QED) is 0.838. The van der Waals surface area contributed by atoms with Crippen LogP contribution >= 0.6 is 0 Å². The Morgan fingerprint density at radius 1 is 0.850 bits per heavy atom. The van der Waals surface area contributed by atoms with Gasteiger partial charge in [-0.15, -0.1) is 0 Å². The van der Waals surface area contributed by atoms with E-state index in [2.05, 4.69) is 13.0 Å². The maximum absolute atomic E-state index is 5.67. The molecule has 2 heterocycles. The fourth-order valence-electron chi connectivity index (χ4n) is 2.73. The van der Waals surface area contributed by atoms with Crippen LogP contribution in [0.25, 0.3) is 11.1 Å². The molecule has 102 valence electrons. The van der Waals surface area contributed by atoms with E-state index in [1.165, 1.54) is 5.56 Å². The van der Waals surface area contributed by atoms with Crippen LogP contribution in [0.2, 0.25) is 0 Å². The van der Waals surface area contributed by atoms with Crippen molar-refractivity contribution in [1.82, 2.24) is 0 Å². The number of hydrogen-bond donors (Lipinski definition) is 0. The molecule has 0 aromatic heterocycles. The number of ether oxygens (including phenoxy) is 4. The fourth-order valence-corrected chi connectivity index (χ4v) is 2.73. The first-order valence-corrected chi connectivity index (χ1v) is 6.69. The van der Waals surface area contributed by atoms with Crippen molar-refractivity contribution in [2.75, 3.05) is 13.6 Å². The predicted octanol–water partition coefficient (Wildman–Crippen LogP) is 3.37. The minimum atomic E-state index is 0.264. The minimum absolute atomic E-state index is 0.264. The van der Waals surface area contributed by atoms with E-state index in [1.54, 1.807) is 0 Å². The molecule has 4 heteroatoms. The predicted molar refractivity (Wildman–Crippen MR) is 73.5 cm³/mol. The first-order valence-electron chi connectivity index (χ1n) is 6.69. The Morgan fingerprint density at radius 2 is 1.60 bits per heavy atom. The zero-order valence-corrected chi connectivity index (χ0v) is 11.1. The van der Waals surface area contributed by atoms with E-state index in [1.807, 2.05) is 24.3 Å². The number of benzene rings is 2. The monoisotopic (exact) mass is 270 g/mol. The highest BCUT2D eigenvalue weighted by molar-refractivity contribution is 5.83. The van der Waals surface area contributed by atoms with E-state index >= 15 is 0 Å². The third kappa shape index (κ3) is 1.54. The fraction of sp³-hybridized carbons (Fsp3) is 0.250. The van der Waals surface area contributed by atoms with Crippen molar-refractivity contribution in [2.24, 2.45) is 0 Å². The average Bonchev–Trinajstić information content (AvgIpc) is 3.14. The molecular formula is C16H14O4. The zero-order chi connectivity index (χ0) is 13.5. The summed E-state index contributed by atoms with van der Waals surface area (Å²) < 4.78 is 22.2. The summed E-state index contributed by atoms with van der Waals surface area (Å²) in [6.45, 7) is 2.66. The third-order valence-electron chi connectivity index (χ3n) is 3.67. The highest BCUT2D eigenvalue weighted by Gasteiger charge is 2.26. The van der Waals surface area contributed by atoms with Gasteiger partial charge in [0, 0.05) is 11.1 Å². The highest BCUT2D eigenvalue weighted by atomic mass is 16.7. The van der Waals surface area contributed by atoms with E-state index in [4.69, 9.17) is 18.9 Å². The molecule has 4 nitrogen and oxygen atoms in total. The summed E-state index contributed by atoms with van der Waals surface area (Å²) >= 11 is 0. The molecule has 0 spiro atoms. The highest BCUT2D eigenvalue weighted by Crippen LogP contribution is 2.49. The molecule has 0 saturated carbocycles. The van der Waals surface area contributed by atoms with Gasteiger partial charge in [0.2, 0.25) is 13.6 Å². The molecular weight excluding hydrogens is 256 g/mol. The molecule has 20 heavy (non-hydrogen) atoms. The second kappa shape index (κ2) is 4.34. The number of fused-ring (bicyclic) bond motifs is 2. The Labute approximate surface area is 116 Å². The summed E-state index contributed by atoms with van der Waals surface area (Å²) in [4.78, 5) is 0. The molecule has 0 aliphatic carbocycles. The number of hydrogen-bond acceptors (Lipinski definition) is 4. The van der Waals surface area contributed by atoms with Crippen molar-refractivity contribution in [1.29, 1.82) is 0 Å². The summed E-state index contributed by atoms with van der Waals surface area (Å²) in [5.41, 5.74) is 3.25. The molecule has 4 rings (SSSR count). The van der Waals surface area contributed by atoms with Crippen LogP contribution in [0.5, 0.6) is 23.0 Å². The van der Waals surface area contributed by atoms with Crippen molar-refractivity contribution < 1.29 is 18.9 Å². The van der Waals surface area contributed by atoms with Gasteiger partial charge in [-0.2, -0.15) is 0 Å². The topological polar surface area (TPSA) is 36.9 Å². The van der Waals surface area contributed by atoms with Crippen molar-refractivity contribution >= 4 is 0 Å². The summed E-state index contributed by atoms with van der Waals surface area (Å²) in [5.74, 6) is 3.15. The van der Waals surface area contributed by atoms with Gasteiger partial charge < -0.3 is 18.9 Å². The molecule has 2 aliphatic heterocycles. The van der Waals surface area contributed by atoms with Crippen LogP contribution in [0.15, 0.2) is 30.3 Å². The molecule has 2 aromatic carbocycles. The summed E-state index contributed by atoms with van der Waals surface area (Å²) in [6.07, 6.45) is 0.913. The number of aryl methyl sites for hydroxylation is 1. The van der Waals surface area contributed by atoms with Crippen molar-refractivity contribution in [3.63, 3.8) is 0 Å². The van der Waals surface area contributed by atoms with Gasteiger partial charge in [-0.3, -0.25) is 0 Å². The molecule has 0 N–H and O–H groups in total. The molecule has 2 aliphatic rings. The molecule has 0 unspecified atom stereocenters. The van der Waals surface area contributed by atoms with Crippen LogP contribution in [-0.2, 0) is 6.42 Å². The Morgan fingerprint density at radius 3 is 2.40 bits per heavy atom. The van der Waals surface area contributed by atoms with Crippen LogP contribution in [0, 0.1) is 0 Å². The van der Waals surface area contributed by atoms with Crippen molar-refractivity contribution in [2.45, 2.75) is 13.3 Å².